The minimum atomic E-state index is 0.339. The van der Waals surface area contributed by atoms with E-state index in [0.717, 1.165) is 32.0 Å². The number of likely N-dealkylation sites (N-methyl/N-ethyl adjacent to an activating group) is 1. The quantitative estimate of drug-likeness (QED) is 0.436. The van der Waals surface area contributed by atoms with E-state index in [1.807, 2.05) is 0 Å². The number of ketones is 1. The number of nitrogens with zero attached hydrogens (tertiary/aromatic N) is 2. The molecule has 2 aliphatic rings. The Morgan fingerprint density at radius 1 is 1.31 bits per heavy atom. The van der Waals surface area contributed by atoms with E-state index in [9.17, 15) is 4.79 Å². The number of likely N-dealkylation sites (tertiary alicyclic amines) is 2. The molecule has 0 aromatic rings. The van der Waals surface area contributed by atoms with Gasteiger partial charge in [-0.3, -0.25) is 14.6 Å². The highest BCUT2D eigenvalue weighted by molar-refractivity contribution is 14.1. The van der Waals surface area contributed by atoms with Gasteiger partial charge in [0.05, 0.1) is 4.05 Å². The smallest absolute Gasteiger partial charge is 0.133 e. The van der Waals surface area contributed by atoms with Crippen LogP contribution >= 0.6 is 22.6 Å². The van der Waals surface area contributed by atoms with Crippen molar-refractivity contribution in [3.8, 4) is 0 Å². The Morgan fingerprint density at radius 3 is 2.38 bits per heavy atom. The largest absolute Gasteiger partial charge is 0.300 e. The van der Waals surface area contributed by atoms with Crippen molar-refractivity contribution in [3.05, 3.63) is 0 Å². The average Bonchev–Trinajstić information content (AvgIpc) is 2.59. The number of alkyl halides is 1. The van der Waals surface area contributed by atoms with Crippen LogP contribution in [0.15, 0.2) is 0 Å². The van der Waals surface area contributed by atoms with Crippen molar-refractivity contribution >= 4 is 28.4 Å². The number of halogens is 1. The van der Waals surface area contributed by atoms with Crippen LogP contribution in [0.2, 0.25) is 0 Å². The fourth-order valence-corrected chi connectivity index (χ4v) is 3.68. The van der Waals surface area contributed by atoms with E-state index in [-0.39, 0.29) is 0 Å². The SMILES string of the molecule is CC(=O)C1CCN([C@H]2C[C@@H](I)N(C)C2)CC1. The van der Waals surface area contributed by atoms with E-state index in [4.69, 9.17) is 0 Å². The second-order valence-electron chi connectivity index (χ2n) is 5.18. The van der Waals surface area contributed by atoms with Crippen LogP contribution in [0.25, 0.3) is 0 Å². The third-order valence-electron chi connectivity index (χ3n) is 4.06. The van der Waals surface area contributed by atoms with Crippen LogP contribution in [-0.4, -0.2) is 52.4 Å². The highest BCUT2D eigenvalue weighted by Gasteiger charge is 2.34. The summed E-state index contributed by atoms with van der Waals surface area (Å²) in [6.45, 7) is 5.17. The second-order valence-corrected chi connectivity index (χ2v) is 6.62. The van der Waals surface area contributed by atoms with Crippen LogP contribution in [0.4, 0.5) is 0 Å². The fraction of sp³-hybridized carbons (Fsp3) is 0.917. The van der Waals surface area contributed by atoms with Gasteiger partial charge in [-0.15, -0.1) is 0 Å². The van der Waals surface area contributed by atoms with Crippen molar-refractivity contribution in [2.24, 2.45) is 5.92 Å². The number of hydrogen-bond acceptors (Lipinski definition) is 3. The molecule has 2 atom stereocenters. The zero-order valence-corrected chi connectivity index (χ0v) is 12.3. The maximum absolute atomic E-state index is 11.3. The monoisotopic (exact) mass is 336 g/mol. The maximum Gasteiger partial charge on any atom is 0.133 e. The number of Topliss-reactive ketones (excluding diaryl/α,β-unsaturated/α-hetero) is 1. The van der Waals surface area contributed by atoms with Gasteiger partial charge in [-0.1, -0.05) is 22.6 Å². The summed E-state index contributed by atoms with van der Waals surface area (Å²) in [5, 5.41) is 0. The molecule has 16 heavy (non-hydrogen) atoms. The first-order valence-corrected chi connectivity index (χ1v) is 7.41. The fourth-order valence-electron chi connectivity index (χ4n) is 2.86. The van der Waals surface area contributed by atoms with Crippen molar-refractivity contribution in [2.75, 3.05) is 26.7 Å². The Hall–Kier alpha value is 0.320. The number of piperidine rings is 1. The van der Waals surface area contributed by atoms with Crippen molar-refractivity contribution in [3.63, 3.8) is 0 Å². The molecule has 3 nitrogen and oxygen atoms in total. The third kappa shape index (κ3) is 2.76. The summed E-state index contributed by atoms with van der Waals surface area (Å²) in [4.78, 5) is 16.3. The van der Waals surface area contributed by atoms with Crippen LogP contribution in [0, 0.1) is 5.92 Å². The normalized spacial score (nSPS) is 34.4. The van der Waals surface area contributed by atoms with Crippen LogP contribution in [-0.2, 0) is 4.79 Å². The van der Waals surface area contributed by atoms with E-state index in [1.54, 1.807) is 6.92 Å². The minimum absolute atomic E-state index is 0.339. The van der Waals surface area contributed by atoms with Gasteiger partial charge in [0, 0.05) is 18.5 Å². The average molecular weight is 336 g/mol. The predicted octanol–water partition coefficient (Wildman–Crippen LogP) is 1.75. The van der Waals surface area contributed by atoms with Gasteiger partial charge >= 0.3 is 0 Å². The van der Waals surface area contributed by atoms with E-state index >= 15 is 0 Å². The number of rotatable bonds is 2. The Balaban J connectivity index is 1.83. The van der Waals surface area contributed by atoms with Gasteiger partial charge in [-0.25, -0.2) is 0 Å². The molecule has 2 rings (SSSR count). The van der Waals surface area contributed by atoms with Gasteiger partial charge in [0.15, 0.2) is 0 Å². The molecule has 0 saturated carbocycles. The first kappa shape index (κ1) is 12.8. The molecule has 0 radical (unpaired) electrons. The molecule has 0 aromatic heterocycles. The van der Waals surface area contributed by atoms with Crippen LogP contribution in [0.3, 0.4) is 0 Å². The van der Waals surface area contributed by atoms with E-state index in [0.29, 0.717) is 15.7 Å². The molecular weight excluding hydrogens is 315 g/mol. The Kier molecular flexibility index (Phi) is 4.24. The van der Waals surface area contributed by atoms with Crippen LogP contribution in [0.5, 0.6) is 0 Å². The number of hydrogen-bond donors (Lipinski definition) is 0. The molecule has 0 spiro atoms. The summed E-state index contributed by atoms with van der Waals surface area (Å²) in [6.07, 6.45) is 3.42. The summed E-state index contributed by atoms with van der Waals surface area (Å²) in [6, 6.07) is 0.722. The van der Waals surface area contributed by atoms with E-state index < -0.39 is 0 Å². The first-order chi connectivity index (χ1) is 7.58. The Labute approximate surface area is 112 Å². The van der Waals surface area contributed by atoms with Gasteiger partial charge in [-0.2, -0.15) is 0 Å². The van der Waals surface area contributed by atoms with E-state index in [1.165, 1.54) is 13.0 Å². The zero-order valence-electron chi connectivity index (χ0n) is 10.2. The Morgan fingerprint density at radius 2 is 1.94 bits per heavy atom. The molecule has 2 heterocycles. The number of carbonyl (C=O) groups excluding carboxylic acids is 1. The van der Waals surface area contributed by atoms with Gasteiger partial charge in [0.2, 0.25) is 0 Å². The molecule has 2 saturated heterocycles. The van der Waals surface area contributed by atoms with Gasteiger partial charge < -0.3 is 0 Å². The third-order valence-corrected chi connectivity index (χ3v) is 5.52. The first-order valence-electron chi connectivity index (χ1n) is 6.16. The molecule has 0 N–H and O–H groups in total. The van der Waals surface area contributed by atoms with Crippen molar-refractivity contribution in [1.29, 1.82) is 0 Å². The Bertz CT molecular complexity index is 254. The van der Waals surface area contributed by atoms with Gasteiger partial charge in [0.25, 0.3) is 0 Å². The summed E-state index contributed by atoms with van der Waals surface area (Å²) < 4.78 is 0.688. The van der Waals surface area contributed by atoms with Crippen molar-refractivity contribution in [1.82, 2.24) is 9.80 Å². The number of carbonyl (C=O) groups is 1. The zero-order chi connectivity index (χ0) is 11.7. The highest BCUT2D eigenvalue weighted by atomic mass is 127. The lowest BCUT2D eigenvalue weighted by atomic mass is 9.92. The molecule has 0 aliphatic carbocycles. The molecule has 92 valence electrons. The lowest BCUT2D eigenvalue weighted by Gasteiger charge is -2.35. The van der Waals surface area contributed by atoms with Crippen molar-refractivity contribution < 1.29 is 4.79 Å². The topological polar surface area (TPSA) is 23.6 Å². The molecule has 0 amide bonds. The van der Waals surface area contributed by atoms with E-state index in [2.05, 4.69) is 39.4 Å². The summed E-state index contributed by atoms with van der Waals surface area (Å²) in [5.41, 5.74) is 0. The maximum atomic E-state index is 11.3. The predicted molar refractivity (Wildman–Crippen MR) is 73.8 cm³/mol. The minimum Gasteiger partial charge on any atom is -0.300 e. The molecule has 0 bridgehead atoms. The van der Waals surface area contributed by atoms with Crippen LogP contribution < -0.4 is 0 Å². The van der Waals surface area contributed by atoms with Gasteiger partial charge in [-0.05, 0) is 46.3 Å². The standard InChI is InChI=1S/C12H21IN2O/c1-9(16)10-3-5-15(6-4-10)11-7-12(13)14(2)8-11/h10-12H,3-8H2,1-2H3/t11-,12-/m0/s1. The highest BCUT2D eigenvalue weighted by Crippen LogP contribution is 2.28. The lowest BCUT2D eigenvalue weighted by Crippen LogP contribution is -2.43. The van der Waals surface area contributed by atoms with Crippen molar-refractivity contribution in [2.45, 2.75) is 36.3 Å². The molecule has 4 heteroatoms. The second kappa shape index (κ2) is 5.31. The molecule has 0 unspecified atom stereocenters. The molecule has 2 aliphatic heterocycles. The molecular formula is C12H21IN2O. The lowest BCUT2D eigenvalue weighted by molar-refractivity contribution is -0.122. The van der Waals surface area contributed by atoms with Gasteiger partial charge in [0.1, 0.15) is 5.78 Å². The summed E-state index contributed by atoms with van der Waals surface area (Å²) >= 11 is 2.53. The van der Waals surface area contributed by atoms with Crippen LogP contribution in [0.1, 0.15) is 26.2 Å². The molecule has 2 fully saturated rings. The summed E-state index contributed by atoms with van der Waals surface area (Å²) in [5.74, 6) is 0.723. The molecule has 0 aromatic carbocycles. The summed E-state index contributed by atoms with van der Waals surface area (Å²) in [7, 11) is 2.21.